The summed E-state index contributed by atoms with van der Waals surface area (Å²) in [7, 11) is 0. The van der Waals surface area contributed by atoms with Crippen LogP contribution in [-0.2, 0) is 6.54 Å². The van der Waals surface area contributed by atoms with Crippen molar-refractivity contribution < 1.29 is 14.0 Å². The lowest BCUT2D eigenvalue weighted by atomic mass is 10.1. The minimum Gasteiger partial charge on any atom is -0.467 e. The van der Waals surface area contributed by atoms with Crippen LogP contribution in [0.3, 0.4) is 0 Å². The van der Waals surface area contributed by atoms with Gasteiger partial charge in [0.2, 0.25) is 0 Å². The quantitative estimate of drug-likeness (QED) is 0.839. The molecule has 0 aliphatic heterocycles. The Hall–Kier alpha value is -2.36. The number of rotatable bonds is 4. The third kappa shape index (κ3) is 2.85. The summed E-state index contributed by atoms with van der Waals surface area (Å²) < 4.78 is 5.11. The molecule has 1 N–H and O–H groups in total. The molecule has 0 radical (unpaired) electrons. The monoisotopic (exact) mass is 243 g/mol. The summed E-state index contributed by atoms with van der Waals surface area (Å²) in [5, 5.41) is 2.73. The van der Waals surface area contributed by atoms with E-state index in [0.29, 0.717) is 23.4 Å². The van der Waals surface area contributed by atoms with Gasteiger partial charge in [-0.3, -0.25) is 9.59 Å². The van der Waals surface area contributed by atoms with Gasteiger partial charge in [-0.25, -0.2) is 0 Å². The molecule has 0 atom stereocenters. The maximum atomic E-state index is 11.8. The number of carbonyl (C=O) groups is 2. The smallest absolute Gasteiger partial charge is 0.251 e. The van der Waals surface area contributed by atoms with Gasteiger partial charge in [-0.1, -0.05) is 12.1 Å². The van der Waals surface area contributed by atoms with Crippen molar-refractivity contribution in [3.8, 4) is 0 Å². The van der Waals surface area contributed by atoms with Gasteiger partial charge in [0.1, 0.15) is 5.76 Å². The minimum absolute atomic E-state index is 0.0162. The largest absolute Gasteiger partial charge is 0.467 e. The molecule has 1 aromatic carbocycles. The van der Waals surface area contributed by atoms with E-state index in [1.54, 1.807) is 42.7 Å². The van der Waals surface area contributed by atoms with Gasteiger partial charge in [-0.2, -0.15) is 0 Å². The molecule has 1 amide bonds. The van der Waals surface area contributed by atoms with E-state index in [9.17, 15) is 9.59 Å². The second-order valence-electron chi connectivity index (χ2n) is 3.90. The first-order valence-electron chi connectivity index (χ1n) is 5.58. The van der Waals surface area contributed by atoms with Crippen LogP contribution < -0.4 is 5.32 Å². The van der Waals surface area contributed by atoms with Crippen LogP contribution in [0, 0.1) is 0 Å². The molecule has 4 nitrogen and oxygen atoms in total. The van der Waals surface area contributed by atoms with Gasteiger partial charge < -0.3 is 9.73 Å². The predicted octanol–water partition coefficient (Wildman–Crippen LogP) is 2.41. The van der Waals surface area contributed by atoms with E-state index in [2.05, 4.69) is 5.32 Å². The fourth-order valence-electron chi connectivity index (χ4n) is 1.54. The summed E-state index contributed by atoms with van der Waals surface area (Å²) in [4.78, 5) is 22.9. The average molecular weight is 243 g/mol. The fourth-order valence-corrected chi connectivity index (χ4v) is 1.54. The summed E-state index contributed by atoms with van der Waals surface area (Å²) in [5.74, 6) is 0.489. The van der Waals surface area contributed by atoms with Gasteiger partial charge in [-0.15, -0.1) is 0 Å². The number of Topliss-reactive ketones (excluding diaryl/α,β-unsaturated/α-hetero) is 1. The van der Waals surface area contributed by atoms with Crippen molar-refractivity contribution in [1.82, 2.24) is 5.32 Å². The molecule has 0 aliphatic rings. The van der Waals surface area contributed by atoms with Crippen molar-refractivity contribution in [3.63, 3.8) is 0 Å². The Morgan fingerprint density at radius 2 is 1.78 bits per heavy atom. The molecule has 0 saturated carbocycles. The molecule has 0 unspecified atom stereocenters. The Kier molecular flexibility index (Phi) is 3.57. The molecule has 0 spiro atoms. The standard InChI is InChI=1S/C14H13NO3/c1-10(16)11-4-6-12(7-5-11)14(17)15-9-13-3-2-8-18-13/h2-8H,9H2,1H3,(H,15,17). The topological polar surface area (TPSA) is 59.3 Å². The van der Waals surface area contributed by atoms with Crippen LogP contribution >= 0.6 is 0 Å². The van der Waals surface area contributed by atoms with E-state index in [4.69, 9.17) is 4.42 Å². The summed E-state index contributed by atoms with van der Waals surface area (Å²) in [6.45, 7) is 1.84. The summed E-state index contributed by atoms with van der Waals surface area (Å²) >= 11 is 0. The van der Waals surface area contributed by atoms with Crippen LogP contribution in [0.15, 0.2) is 47.1 Å². The highest BCUT2D eigenvalue weighted by atomic mass is 16.3. The molecule has 2 rings (SSSR count). The molecular formula is C14H13NO3. The van der Waals surface area contributed by atoms with Crippen molar-refractivity contribution >= 4 is 11.7 Å². The molecular weight excluding hydrogens is 230 g/mol. The van der Waals surface area contributed by atoms with Crippen LogP contribution in [0.5, 0.6) is 0 Å². The van der Waals surface area contributed by atoms with E-state index < -0.39 is 0 Å². The van der Waals surface area contributed by atoms with Crippen molar-refractivity contribution in [3.05, 3.63) is 59.5 Å². The Bertz CT molecular complexity index is 541. The zero-order valence-electron chi connectivity index (χ0n) is 9.97. The van der Waals surface area contributed by atoms with E-state index in [-0.39, 0.29) is 11.7 Å². The highest BCUT2D eigenvalue weighted by molar-refractivity contribution is 5.97. The molecule has 0 fully saturated rings. The van der Waals surface area contributed by atoms with Crippen molar-refractivity contribution in [1.29, 1.82) is 0 Å². The van der Waals surface area contributed by atoms with Crippen LogP contribution in [0.2, 0.25) is 0 Å². The number of amides is 1. The van der Waals surface area contributed by atoms with Crippen LogP contribution in [0.4, 0.5) is 0 Å². The van der Waals surface area contributed by atoms with Crippen LogP contribution in [-0.4, -0.2) is 11.7 Å². The third-order valence-corrected chi connectivity index (χ3v) is 2.56. The predicted molar refractivity (Wildman–Crippen MR) is 66.3 cm³/mol. The van der Waals surface area contributed by atoms with Crippen molar-refractivity contribution in [2.45, 2.75) is 13.5 Å². The maximum Gasteiger partial charge on any atom is 0.251 e. The maximum absolute atomic E-state index is 11.8. The zero-order valence-corrected chi connectivity index (χ0v) is 9.97. The average Bonchev–Trinajstić information content (AvgIpc) is 2.89. The van der Waals surface area contributed by atoms with Crippen molar-refractivity contribution in [2.75, 3.05) is 0 Å². The number of ketones is 1. The number of hydrogen-bond donors (Lipinski definition) is 1. The first-order chi connectivity index (χ1) is 8.66. The van der Waals surface area contributed by atoms with Gasteiger partial charge in [0, 0.05) is 11.1 Å². The minimum atomic E-state index is -0.193. The molecule has 2 aromatic rings. The molecule has 1 aromatic heterocycles. The highest BCUT2D eigenvalue weighted by Gasteiger charge is 2.07. The van der Waals surface area contributed by atoms with Gasteiger partial charge in [0.25, 0.3) is 5.91 Å². The Labute approximate surface area is 105 Å². The van der Waals surface area contributed by atoms with E-state index in [1.807, 2.05) is 0 Å². The van der Waals surface area contributed by atoms with Gasteiger partial charge in [-0.05, 0) is 31.2 Å². The first kappa shape index (κ1) is 12.1. The summed E-state index contributed by atoms with van der Waals surface area (Å²) in [6.07, 6.45) is 1.56. The number of carbonyl (C=O) groups excluding carboxylic acids is 2. The van der Waals surface area contributed by atoms with Crippen LogP contribution in [0.1, 0.15) is 33.4 Å². The third-order valence-electron chi connectivity index (χ3n) is 2.56. The SMILES string of the molecule is CC(=O)c1ccc(C(=O)NCc2ccco2)cc1. The molecule has 0 saturated heterocycles. The lowest BCUT2D eigenvalue weighted by Gasteiger charge is -2.03. The van der Waals surface area contributed by atoms with Crippen LogP contribution in [0.25, 0.3) is 0 Å². The first-order valence-corrected chi connectivity index (χ1v) is 5.58. The second kappa shape index (κ2) is 5.31. The van der Waals surface area contributed by atoms with Gasteiger partial charge in [0.15, 0.2) is 5.78 Å². The fraction of sp³-hybridized carbons (Fsp3) is 0.143. The van der Waals surface area contributed by atoms with E-state index in [1.165, 1.54) is 6.92 Å². The lowest BCUT2D eigenvalue weighted by molar-refractivity contribution is 0.0946. The lowest BCUT2D eigenvalue weighted by Crippen LogP contribution is -2.22. The molecule has 4 heteroatoms. The number of nitrogens with one attached hydrogen (secondary N) is 1. The normalized spacial score (nSPS) is 10.1. The van der Waals surface area contributed by atoms with Gasteiger partial charge in [0.05, 0.1) is 12.8 Å². The zero-order chi connectivity index (χ0) is 13.0. The van der Waals surface area contributed by atoms with Gasteiger partial charge >= 0.3 is 0 Å². The molecule has 0 bridgehead atoms. The Morgan fingerprint density at radius 1 is 1.11 bits per heavy atom. The molecule has 1 heterocycles. The summed E-state index contributed by atoms with van der Waals surface area (Å²) in [6, 6.07) is 10.1. The molecule has 0 aliphatic carbocycles. The van der Waals surface area contributed by atoms with Crippen molar-refractivity contribution in [2.24, 2.45) is 0 Å². The van der Waals surface area contributed by atoms with E-state index >= 15 is 0 Å². The highest BCUT2D eigenvalue weighted by Crippen LogP contribution is 2.06. The van der Waals surface area contributed by atoms with E-state index in [0.717, 1.165) is 0 Å². The number of hydrogen-bond acceptors (Lipinski definition) is 3. The Balaban J connectivity index is 1.98. The number of benzene rings is 1. The second-order valence-corrected chi connectivity index (χ2v) is 3.90. The summed E-state index contributed by atoms with van der Waals surface area (Å²) in [5.41, 5.74) is 1.11. The molecule has 18 heavy (non-hydrogen) atoms. The molecule has 92 valence electrons. The number of furan rings is 1. The Morgan fingerprint density at radius 3 is 2.33 bits per heavy atom.